The van der Waals surface area contributed by atoms with Crippen molar-refractivity contribution in [2.45, 2.75) is 6.92 Å². The van der Waals surface area contributed by atoms with Gasteiger partial charge in [-0.15, -0.1) is 11.3 Å². The molecule has 3 rings (SSSR count). The summed E-state index contributed by atoms with van der Waals surface area (Å²) in [4.78, 5) is 13.3. The Balaban J connectivity index is 2.22. The van der Waals surface area contributed by atoms with Crippen molar-refractivity contribution in [3.05, 3.63) is 46.9 Å². The van der Waals surface area contributed by atoms with E-state index in [-0.39, 0.29) is 5.91 Å². The molecule has 1 amide bonds. The third-order valence-corrected chi connectivity index (χ3v) is 6.19. The Bertz CT molecular complexity index is 764. The van der Waals surface area contributed by atoms with Crippen molar-refractivity contribution in [3.63, 3.8) is 0 Å². The molecule has 1 aromatic heterocycles. The minimum Gasteiger partial charge on any atom is -0.320 e. The van der Waals surface area contributed by atoms with Crippen molar-refractivity contribution >= 4 is 82.4 Å². The molecule has 0 saturated carbocycles. The van der Waals surface area contributed by atoms with Crippen LogP contribution in [0.2, 0.25) is 0 Å². The van der Waals surface area contributed by atoms with E-state index in [2.05, 4.69) is 53.1 Å². The summed E-state index contributed by atoms with van der Waals surface area (Å²) < 4.78 is 2.90. The van der Waals surface area contributed by atoms with Crippen LogP contribution in [0.15, 0.2) is 30.9 Å². The molecule has 2 aromatic rings. The number of nitrogens with one attached hydrogen (secondary N) is 1. The lowest BCUT2D eigenvalue weighted by molar-refractivity contribution is -0.110. The molecular formula is C14H8Br3NOS. The van der Waals surface area contributed by atoms with Crippen molar-refractivity contribution in [2.75, 3.05) is 5.32 Å². The lowest BCUT2D eigenvalue weighted by Crippen LogP contribution is -2.03. The van der Waals surface area contributed by atoms with Gasteiger partial charge in [-0.1, -0.05) is 15.9 Å². The first-order valence-corrected chi connectivity index (χ1v) is 8.99. The van der Waals surface area contributed by atoms with Crippen LogP contribution in [0.5, 0.6) is 0 Å². The largest absolute Gasteiger partial charge is 0.320 e. The van der Waals surface area contributed by atoms with Gasteiger partial charge >= 0.3 is 0 Å². The summed E-state index contributed by atoms with van der Waals surface area (Å²) in [5.41, 5.74) is 3.57. The maximum atomic E-state index is 12.2. The Morgan fingerprint density at radius 2 is 1.95 bits per heavy atom. The van der Waals surface area contributed by atoms with Crippen LogP contribution in [0.1, 0.15) is 16.0 Å². The van der Waals surface area contributed by atoms with Crippen LogP contribution < -0.4 is 5.32 Å². The van der Waals surface area contributed by atoms with Crippen molar-refractivity contribution in [2.24, 2.45) is 0 Å². The summed E-state index contributed by atoms with van der Waals surface area (Å²) >= 11 is 12.1. The van der Waals surface area contributed by atoms with E-state index >= 15 is 0 Å². The highest BCUT2D eigenvalue weighted by Crippen LogP contribution is 2.43. The van der Waals surface area contributed by atoms with E-state index in [1.165, 1.54) is 0 Å². The summed E-state index contributed by atoms with van der Waals surface area (Å²) in [7, 11) is 0. The summed E-state index contributed by atoms with van der Waals surface area (Å²) in [5.74, 6) is -0.0635. The standard InChI is InChI=1S/C14H8Br3NOS/c1-6-10(16)4-11(17)13-12(6)9(14(19)18-13)3-8-2-7(15)5-20-8/h2-5H,1H3,(H,18,19). The van der Waals surface area contributed by atoms with E-state index in [1.54, 1.807) is 11.3 Å². The van der Waals surface area contributed by atoms with Gasteiger partial charge in [-0.2, -0.15) is 0 Å². The Kier molecular flexibility index (Phi) is 3.92. The summed E-state index contributed by atoms with van der Waals surface area (Å²) in [5, 5.41) is 4.93. The number of carbonyl (C=O) groups excluding carboxylic acids is 1. The number of hydrogen-bond acceptors (Lipinski definition) is 2. The summed E-state index contributed by atoms with van der Waals surface area (Å²) in [6.45, 7) is 2.01. The first-order chi connectivity index (χ1) is 9.47. The lowest BCUT2D eigenvalue weighted by atomic mass is 10.0. The zero-order valence-electron chi connectivity index (χ0n) is 10.3. The van der Waals surface area contributed by atoms with Gasteiger partial charge in [-0.3, -0.25) is 4.79 Å². The highest BCUT2D eigenvalue weighted by molar-refractivity contribution is 9.11. The Hall–Kier alpha value is -0.430. The second kappa shape index (κ2) is 5.40. The highest BCUT2D eigenvalue weighted by Gasteiger charge is 2.29. The van der Waals surface area contributed by atoms with Crippen LogP contribution in [-0.2, 0) is 4.79 Å². The number of carbonyl (C=O) groups is 1. The molecule has 0 bridgehead atoms. The second-order valence-corrected chi connectivity index (χ2v) is 7.96. The normalized spacial score (nSPS) is 15.6. The topological polar surface area (TPSA) is 29.1 Å². The first-order valence-electron chi connectivity index (χ1n) is 5.73. The molecule has 1 aliphatic heterocycles. The number of hydrogen-bond donors (Lipinski definition) is 1. The van der Waals surface area contributed by atoms with Gasteiger partial charge in [-0.25, -0.2) is 0 Å². The predicted octanol–water partition coefficient (Wildman–Crippen LogP) is 5.84. The minimum absolute atomic E-state index is 0.0635. The van der Waals surface area contributed by atoms with Crippen LogP contribution >= 0.6 is 59.1 Å². The smallest absolute Gasteiger partial charge is 0.256 e. The first kappa shape index (κ1) is 14.5. The third kappa shape index (κ3) is 2.43. The zero-order valence-corrected chi connectivity index (χ0v) is 15.8. The van der Waals surface area contributed by atoms with E-state index in [9.17, 15) is 4.79 Å². The van der Waals surface area contributed by atoms with E-state index < -0.39 is 0 Å². The zero-order chi connectivity index (χ0) is 14.4. The molecule has 2 heterocycles. The molecule has 2 nitrogen and oxygen atoms in total. The SMILES string of the molecule is Cc1c(Br)cc(Br)c2c1C(=Cc1cc(Br)cs1)C(=O)N2. The molecule has 20 heavy (non-hydrogen) atoms. The fourth-order valence-corrected chi connectivity index (χ4v) is 4.79. The number of fused-ring (bicyclic) bond motifs is 1. The minimum atomic E-state index is -0.0635. The fraction of sp³-hybridized carbons (Fsp3) is 0.0714. The molecular weight excluding hydrogens is 470 g/mol. The number of rotatable bonds is 1. The van der Waals surface area contributed by atoms with Gasteiger partial charge in [0.1, 0.15) is 0 Å². The fourth-order valence-electron chi connectivity index (χ4n) is 2.16. The maximum absolute atomic E-state index is 12.2. The number of benzene rings is 1. The quantitative estimate of drug-likeness (QED) is 0.514. The van der Waals surface area contributed by atoms with E-state index in [0.717, 1.165) is 35.1 Å². The molecule has 1 N–H and O–H groups in total. The third-order valence-electron chi connectivity index (χ3n) is 3.10. The Morgan fingerprint density at radius 3 is 2.60 bits per heavy atom. The lowest BCUT2D eigenvalue weighted by Gasteiger charge is -2.08. The monoisotopic (exact) mass is 475 g/mol. The van der Waals surface area contributed by atoms with Crippen molar-refractivity contribution < 1.29 is 4.79 Å². The molecule has 0 radical (unpaired) electrons. The number of thiophene rings is 1. The van der Waals surface area contributed by atoms with Crippen molar-refractivity contribution in [1.82, 2.24) is 0 Å². The van der Waals surface area contributed by atoms with Gasteiger partial charge in [0.15, 0.2) is 0 Å². The number of halogens is 3. The van der Waals surface area contributed by atoms with Crippen LogP contribution in [-0.4, -0.2) is 5.91 Å². The maximum Gasteiger partial charge on any atom is 0.256 e. The average molecular weight is 478 g/mol. The van der Waals surface area contributed by atoms with Gasteiger partial charge < -0.3 is 5.32 Å². The molecule has 0 atom stereocenters. The molecule has 0 fully saturated rings. The number of anilines is 1. The van der Waals surface area contributed by atoms with Crippen LogP contribution in [0.4, 0.5) is 5.69 Å². The molecule has 6 heteroatoms. The molecule has 0 aliphatic carbocycles. The summed E-state index contributed by atoms with van der Waals surface area (Å²) in [6, 6.07) is 3.96. The molecule has 102 valence electrons. The van der Waals surface area contributed by atoms with Gasteiger partial charge in [0.2, 0.25) is 0 Å². The summed E-state index contributed by atoms with van der Waals surface area (Å²) in [6.07, 6.45) is 1.93. The molecule has 0 spiro atoms. The molecule has 0 unspecified atom stereocenters. The van der Waals surface area contributed by atoms with E-state index in [4.69, 9.17) is 0 Å². The molecule has 1 aliphatic rings. The Morgan fingerprint density at radius 1 is 1.20 bits per heavy atom. The average Bonchev–Trinajstić information content (AvgIpc) is 2.93. The van der Waals surface area contributed by atoms with Gasteiger partial charge in [0.25, 0.3) is 5.91 Å². The van der Waals surface area contributed by atoms with Gasteiger partial charge in [-0.05, 0) is 62.6 Å². The van der Waals surface area contributed by atoms with Crippen molar-refractivity contribution in [1.29, 1.82) is 0 Å². The van der Waals surface area contributed by atoms with Crippen molar-refractivity contribution in [3.8, 4) is 0 Å². The van der Waals surface area contributed by atoms with Crippen LogP contribution in [0, 0.1) is 6.92 Å². The second-order valence-electron chi connectivity index (χ2n) is 4.39. The Labute approximate surface area is 145 Å². The van der Waals surface area contributed by atoms with E-state index in [1.807, 2.05) is 30.5 Å². The predicted molar refractivity (Wildman–Crippen MR) is 95.1 cm³/mol. The number of amides is 1. The van der Waals surface area contributed by atoms with Gasteiger partial charge in [0, 0.05) is 29.2 Å². The molecule has 0 saturated heterocycles. The highest BCUT2D eigenvalue weighted by atomic mass is 79.9. The van der Waals surface area contributed by atoms with Crippen LogP contribution in [0.3, 0.4) is 0 Å². The van der Waals surface area contributed by atoms with E-state index in [0.29, 0.717) is 5.57 Å². The van der Waals surface area contributed by atoms with Gasteiger partial charge in [0.05, 0.1) is 11.3 Å². The van der Waals surface area contributed by atoms with Crippen LogP contribution in [0.25, 0.3) is 11.6 Å². The molecule has 1 aromatic carbocycles.